The van der Waals surface area contributed by atoms with Crippen LogP contribution in [-0.4, -0.2) is 10.1 Å². The molecular weight excluding hydrogens is 306 g/mol. The molecule has 0 unspecified atom stereocenters. The largest absolute Gasteiger partial charge is 0.438 e. The van der Waals surface area contributed by atoms with Gasteiger partial charge in [-0.2, -0.15) is 0 Å². The molecule has 1 heterocycles. The number of aliphatic hydroxyl groups is 1. The van der Waals surface area contributed by atoms with Crippen molar-refractivity contribution in [2.45, 2.75) is 27.4 Å². The van der Waals surface area contributed by atoms with Crippen LogP contribution in [0.15, 0.2) is 28.9 Å². The maximum atomic E-state index is 9.37. The molecule has 0 saturated carbocycles. The zero-order valence-corrected chi connectivity index (χ0v) is 12.8. The molecule has 0 aliphatic heterocycles. The third-order valence-corrected chi connectivity index (χ3v) is 3.57. The molecule has 3 nitrogen and oxygen atoms in total. The maximum Gasteiger partial charge on any atom is 0.224 e. The Morgan fingerprint density at radius 3 is 2.58 bits per heavy atom. The van der Waals surface area contributed by atoms with Gasteiger partial charge in [-0.25, -0.2) is 4.98 Å². The third kappa shape index (κ3) is 2.96. The van der Waals surface area contributed by atoms with Crippen LogP contribution < -0.4 is 4.74 Å². The van der Waals surface area contributed by atoms with Crippen molar-refractivity contribution >= 4 is 15.9 Å². The predicted molar refractivity (Wildman–Crippen MR) is 78.6 cm³/mol. The Hall–Kier alpha value is -1.39. The monoisotopic (exact) mass is 321 g/mol. The standard InChI is InChI=1S/C15H16BrNO2/c1-9-4-5-10(2)14(11(9)3)19-15-12(8-18)6-13(16)7-17-15/h4-7,18H,8H2,1-3H3. The summed E-state index contributed by atoms with van der Waals surface area (Å²) in [4.78, 5) is 4.23. The average molecular weight is 322 g/mol. The first-order chi connectivity index (χ1) is 9.02. The highest BCUT2D eigenvalue weighted by Crippen LogP contribution is 2.32. The van der Waals surface area contributed by atoms with Gasteiger partial charge in [0.1, 0.15) is 5.75 Å². The summed E-state index contributed by atoms with van der Waals surface area (Å²) < 4.78 is 6.73. The first kappa shape index (κ1) is 14.0. The van der Waals surface area contributed by atoms with E-state index in [1.54, 1.807) is 6.20 Å². The van der Waals surface area contributed by atoms with Gasteiger partial charge in [0.2, 0.25) is 5.88 Å². The lowest BCUT2D eigenvalue weighted by atomic mass is 10.1. The molecular formula is C15H16BrNO2. The van der Waals surface area contributed by atoms with Crippen molar-refractivity contribution in [3.63, 3.8) is 0 Å². The van der Waals surface area contributed by atoms with Crippen LogP contribution >= 0.6 is 15.9 Å². The smallest absolute Gasteiger partial charge is 0.224 e. The van der Waals surface area contributed by atoms with E-state index < -0.39 is 0 Å². The van der Waals surface area contributed by atoms with Crippen LogP contribution in [-0.2, 0) is 6.61 Å². The highest BCUT2D eigenvalue weighted by Gasteiger charge is 2.11. The second-order valence-electron chi connectivity index (χ2n) is 4.53. The van der Waals surface area contributed by atoms with E-state index in [2.05, 4.69) is 27.0 Å². The lowest BCUT2D eigenvalue weighted by Crippen LogP contribution is -1.99. The third-order valence-electron chi connectivity index (χ3n) is 3.13. The van der Waals surface area contributed by atoms with Gasteiger partial charge in [-0.15, -0.1) is 0 Å². The van der Waals surface area contributed by atoms with Crippen LogP contribution in [0.5, 0.6) is 11.6 Å². The van der Waals surface area contributed by atoms with E-state index in [9.17, 15) is 5.11 Å². The molecule has 0 saturated heterocycles. The van der Waals surface area contributed by atoms with Gasteiger partial charge in [0.15, 0.2) is 0 Å². The summed E-state index contributed by atoms with van der Waals surface area (Å²) >= 11 is 3.33. The molecule has 1 aromatic carbocycles. The molecule has 1 N–H and O–H groups in total. The van der Waals surface area contributed by atoms with Gasteiger partial charge in [-0.05, 0) is 59.5 Å². The average Bonchev–Trinajstić information content (AvgIpc) is 2.40. The molecule has 1 aromatic heterocycles. The van der Waals surface area contributed by atoms with Gasteiger partial charge in [0, 0.05) is 16.2 Å². The fourth-order valence-corrected chi connectivity index (χ4v) is 2.23. The van der Waals surface area contributed by atoms with Crippen LogP contribution in [0, 0.1) is 20.8 Å². The van der Waals surface area contributed by atoms with Crippen molar-refractivity contribution < 1.29 is 9.84 Å². The van der Waals surface area contributed by atoms with Gasteiger partial charge in [0.25, 0.3) is 0 Å². The Bertz CT molecular complexity index is 611. The molecule has 0 aliphatic carbocycles. The molecule has 0 aliphatic rings. The van der Waals surface area contributed by atoms with E-state index >= 15 is 0 Å². The minimum Gasteiger partial charge on any atom is -0.438 e. The molecule has 0 fully saturated rings. The van der Waals surface area contributed by atoms with E-state index in [1.165, 1.54) is 5.56 Å². The number of halogens is 1. The molecule has 0 radical (unpaired) electrons. The number of rotatable bonds is 3. The fourth-order valence-electron chi connectivity index (χ4n) is 1.85. The maximum absolute atomic E-state index is 9.37. The minimum absolute atomic E-state index is 0.105. The van der Waals surface area contributed by atoms with Crippen LogP contribution in [0.25, 0.3) is 0 Å². The zero-order chi connectivity index (χ0) is 14.0. The number of aryl methyl sites for hydroxylation is 2. The Morgan fingerprint density at radius 2 is 1.89 bits per heavy atom. The molecule has 0 atom stereocenters. The van der Waals surface area contributed by atoms with E-state index in [0.29, 0.717) is 11.4 Å². The highest BCUT2D eigenvalue weighted by molar-refractivity contribution is 9.10. The topological polar surface area (TPSA) is 42.4 Å². The van der Waals surface area contributed by atoms with Crippen molar-refractivity contribution in [1.29, 1.82) is 0 Å². The quantitative estimate of drug-likeness (QED) is 0.927. The molecule has 100 valence electrons. The normalized spacial score (nSPS) is 10.6. The van der Waals surface area contributed by atoms with Crippen LogP contribution in [0.4, 0.5) is 0 Å². The lowest BCUT2D eigenvalue weighted by Gasteiger charge is -2.14. The van der Waals surface area contributed by atoms with Gasteiger partial charge in [-0.3, -0.25) is 0 Å². The second kappa shape index (κ2) is 5.72. The number of aliphatic hydroxyl groups excluding tert-OH is 1. The summed E-state index contributed by atoms with van der Waals surface area (Å²) in [6.07, 6.45) is 1.66. The molecule has 0 bridgehead atoms. The van der Waals surface area contributed by atoms with E-state index in [1.807, 2.05) is 32.9 Å². The Balaban J connectivity index is 2.44. The first-order valence-electron chi connectivity index (χ1n) is 6.03. The van der Waals surface area contributed by atoms with E-state index in [-0.39, 0.29) is 6.61 Å². The van der Waals surface area contributed by atoms with Crippen molar-refractivity contribution in [3.8, 4) is 11.6 Å². The van der Waals surface area contributed by atoms with Crippen LogP contribution in [0.1, 0.15) is 22.3 Å². The summed E-state index contributed by atoms with van der Waals surface area (Å²) in [5.74, 6) is 1.26. The van der Waals surface area contributed by atoms with Crippen molar-refractivity contribution in [2.24, 2.45) is 0 Å². The van der Waals surface area contributed by atoms with Crippen LogP contribution in [0.3, 0.4) is 0 Å². The Kier molecular flexibility index (Phi) is 4.22. The highest BCUT2D eigenvalue weighted by atomic mass is 79.9. The molecule has 2 aromatic rings. The summed E-state index contributed by atoms with van der Waals surface area (Å²) in [5, 5.41) is 9.37. The molecule has 2 rings (SSSR count). The van der Waals surface area contributed by atoms with Gasteiger partial charge >= 0.3 is 0 Å². The summed E-state index contributed by atoms with van der Waals surface area (Å²) in [6, 6.07) is 5.90. The van der Waals surface area contributed by atoms with Gasteiger partial charge in [-0.1, -0.05) is 12.1 Å². The number of hydrogen-bond acceptors (Lipinski definition) is 3. The fraction of sp³-hybridized carbons (Fsp3) is 0.267. The Morgan fingerprint density at radius 1 is 1.21 bits per heavy atom. The Labute approximate surface area is 121 Å². The first-order valence-corrected chi connectivity index (χ1v) is 6.82. The SMILES string of the molecule is Cc1ccc(C)c(Oc2ncc(Br)cc2CO)c1C. The molecule has 4 heteroatoms. The molecule has 0 amide bonds. The molecule has 0 spiro atoms. The summed E-state index contributed by atoms with van der Waals surface area (Å²) in [5.41, 5.74) is 3.98. The number of pyridine rings is 1. The number of aromatic nitrogens is 1. The lowest BCUT2D eigenvalue weighted by molar-refractivity contribution is 0.274. The zero-order valence-electron chi connectivity index (χ0n) is 11.2. The summed E-state index contributed by atoms with van der Waals surface area (Å²) in [6.45, 7) is 5.96. The van der Waals surface area contributed by atoms with Crippen LogP contribution in [0.2, 0.25) is 0 Å². The number of benzene rings is 1. The van der Waals surface area contributed by atoms with Gasteiger partial charge < -0.3 is 9.84 Å². The van der Waals surface area contributed by atoms with E-state index in [4.69, 9.17) is 4.74 Å². The predicted octanol–water partition coefficient (Wildman–Crippen LogP) is 4.05. The second-order valence-corrected chi connectivity index (χ2v) is 5.45. The number of hydrogen-bond donors (Lipinski definition) is 1. The number of ether oxygens (including phenoxy) is 1. The number of nitrogens with zero attached hydrogens (tertiary/aromatic N) is 1. The molecule has 19 heavy (non-hydrogen) atoms. The van der Waals surface area contributed by atoms with E-state index in [0.717, 1.165) is 21.3 Å². The minimum atomic E-state index is -0.105. The van der Waals surface area contributed by atoms with Gasteiger partial charge in [0.05, 0.1) is 6.61 Å². The van der Waals surface area contributed by atoms with Crippen molar-refractivity contribution in [3.05, 3.63) is 51.1 Å². The summed E-state index contributed by atoms with van der Waals surface area (Å²) in [7, 11) is 0. The van der Waals surface area contributed by atoms with Crippen molar-refractivity contribution in [2.75, 3.05) is 0 Å². The van der Waals surface area contributed by atoms with Crippen molar-refractivity contribution in [1.82, 2.24) is 4.98 Å².